The van der Waals surface area contributed by atoms with E-state index < -0.39 is 5.97 Å². The van der Waals surface area contributed by atoms with Gasteiger partial charge in [0.05, 0.1) is 22.3 Å². The van der Waals surface area contributed by atoms with Crippen molar-refractivity contribution in [1.82, 2.24) is 0 Å². The summed E-state index contributed by atoms with van der Waals surface area (Å²) >= 11 is 6.43. The quantitative estimate of drug-likeness (QED) is 0.757. The zero-order valence-electron chi connectivity index (χ0n) is 13.7. The normalized spacial score (nSPS) is 24.7. The second kappa shape index (κ2) is 5.68. The fourth-order valence-corrected chi connectivity index (χ4v) is 4.50. The maximum Gasteiger partial charge on any atom is 0.335 e. The first-order valence-corrected chi connectivity index (χ1v) is 8.89. The Morgan fingerprint density at radius 1 is 1.19 bits per heavy atom. The van der Waals surface area contributed by atoms with Gasteiger partial charge in [0.25, 0.3) is 0 Å². The third kappa shape index (κ3) is 2.27. The Hall–Kier alpha value is -2.66. The van der Waals surface area contributed by atoms with Gasteiger partial charge in [-0.25, -0.2) is 4.79 Å². The van der Waals surface area contributed by atoms with Crippen molar-refractivity contribution in [2.24, 2.45) is 5.92 Å². The molecule has 26 heavy (non-hydrogen) atoms. The highest BCUT2D eigenvalue weighted by Crippen LogP contribution is 2.52. The molecule has 2 N–H and O–H groups in total. The molecule has 3 unspecified atom stereocenters. The lowest BCUT2D eigenvalue weighted by molar-refractivity contribution is 0.0696. The molecule has 6 heteroatoms. The van der Waals surface area contributed by atoms with E-state index in [9.17, 15) is 9.90 Å². The number of rotatable bonds is 2. The molecule has 0 radical (unpaired) electrons. The number of nitrogens with one attached hydrogen (secondary N) is 1. The minimum Gasteiger partial charge on any atom is -0.478 e. The van der Waals surface area contributed by atoms with Crippen LogP contribution in [0.3, 0.4) is 0 Å². The lowest BCUT2D eigenvalue weighted by Gasteiger charge is -2.38. The second-order valence-corrected chi connectivity index (χ2v) is 7.22. The summed E-state index contributed by atoms with van der Waals surface area (Å²) in [5, 5.41) is 13.3. The van der Waals surface area contributed by atoms with Gasteiger partial charge in [0, 0.05) is 5.92 Å². The fraction of sp³-hybridized carbons (Fsp3) is 0.250. The van der Waals surface area contributed by atoms with E-state index in [0.29, 0.717) is 10.9 Å². The van der Waals surface area contributed by atoms with Crippen LogP contribution in [0.1, 0.15) is 39.9 Å². The van der Waals surface area contributed by atoms with Crippen LogP contribution in [0.15, 0.2) is 42.5 Å². The molecule has 2 aliphatic heterocycles. The molecule has 1 aliphatic carbocycles. The van der Waals surface area contributed by atoms with Crippen LogP contribution in [-0.4, -0.2) is 17.9 Å². The monoisotopic (exact) mass is 369 g/mol. The Morgan fingerprint density at radius 2 is 2.04 bits per heavy atom. The van der Waals surface area contributed by atoms with Gasteiger partial charge in [-0.05, 0) is 47.7 Å². The van der Waals surface area contributed by atoms with E-state index in [2.05, 4.69) is 17.5 Å². The Kier molecular flexibility index (Phi) is 3.40. The summed E-state index contributed by atoms with van der Waals surface area (Å²) in [4.78, 5) is 11.4. The lowest BCUT2D eigenvalue weighted by Crippen LogP contribution is -2.29. The van der Waals surface area contributed by atoms with Crippen molar-refractivity contribution in [2.75, 3.05) is 12.1 Å². The largest absolute Gasteiger partial charge is 0.478 e. The molecule has 2 heterocycles. The summed E-state index contributed by atoms with van der Waals surface area (Å²) in [7, 11) is 0. The molecule has 0 amide bonds. The predicted molar refractivity (Wildman–Crippen MR) is 97.3 cm³/mol. The van der Waals surface area contributed by atoms with Crippen molar-refractivity contribution in [3.05, 3.63) is 64.2 Å². The van der Waals surface area contributed by atoms with Crippen LogP contribution in [-0.2, 0) is 0 Å². The summed E-state index contributed by atoms with van der Waals surface area (Å²) in [5.74, 6) is 0.979. The van der Waals surface area contributed by atoms with Crippen LogP contribution in [0, 0.1) is 5.92 Å². The van der Waals surface area contributed by atoms with Crippen LogP contribution >= 0.6 is 11.6 Å². The van der Waals surface area contributed by atoms with Gasteiger partial charge in [-0.15, -0.1) is 0 Å². The number of aromatic carboxylic acids is 1. The summed E-state index contributed by atoms with van der Waals surface area (Å²) in [6, 6.07) is 9.29. The zero-order valence-corrected chi connectivity index (χ0v) is 14.5. The molecule has 3 atom stereocenters. The number of carbonyl (C=O) groups is 1. The smallest absolute Gasteiger partial charge is 0.335 e. The molecular formula is C20H16ClNO4. The van der Waals surface area contributed by atoms with E-state index in [-0.39, 0.29) is 24.3 Å². The standard InChI is InChI=1S/C20H16ClNO4/c21-15-7-11(20(23)24)6-14-12-2-1-3-13(12)18(22-19(14)15)10-4-5-16-17(8-10)26-9-25-16/h1-2,4-8,12-13,18,22H,3,9H2,(H,23,24). The van der Waals surface area contributed by atoms with Gasteiger partial charge in [-0.1, -0.05) is 29.8 Å². The molecule has 0 bridgehead atoms. The molecule has 132 valence electrons. The molecular weight excluding hydrogens is 354 g/mol. The van der Waals surface area contributed by atoms with Crippen molar-refractivity contribution in [3.63, 3.8) is 0 Å². The van der Waals surface area contributed by atoms with Gasteiger partial charge in [-0.2, -0.15) is 0 Å². The molecule has 2 aromatic carbocycles. The first-order valence-electron chi connectivity index (χ1n) is 8.51. The number of hydrogen-bond donors (Lipinski definition) is 2. The molecule has 5 rings (SSSR count). The van der Waals surface area contributed by atoms with E-state index >= 15 is 0 Å². The van der Waals surface area contributed by atoms with Crippen molar-refractivity contribution in [3.8, 4) is 11.5 Å². The second-order valence-electron chi connectivity index (χ2n) is 6.82. The van der Waals surface area contributed by atoms with Gasteiger partial charge in [-0.3, -0.25) is 0 Å². The highest BCUT2D eigenvalue weighted by atomic mass is 35.5. The van der Waals surface area contributed by atoms with E-state index in [1.807, 2.05) is 18.2 Å². The summed E-state index contributed by atoms with van der Waals surface area (Å²) < 4.78 is 10.9. The number of allylic oxidation sites excluding steroid dienone is 2. The molecule has 3 aliphatic rings. The van der Waals surface area contributed by atoms with E-state index in [1.165, 1.54) is 6.07 Å². The van der Waals surface area contributed by atoms with Crippen molar-refractivity contribution in [2.45, 2.75) is 18.4 Å². The molecule has 0 saturated heterocycles. The number of hydrogen-bond acceptors (Lipinski definition) is 4. The average molecular weight is 370 g/mol. The van der Waals surface area contributed by atoms with Gasteiger partial charge in [0.1, 0.15) is 0 Å². The lowest BCUT2D eigenvalue weighted by atomic mass is 9.76. The Bertz CT molecular complexity index is 955. The van der Waals surface area contributed by atoms with Crippen LogP contribution < -0.4 is 14.8 Å². The number of fused-ring (bicyclic) bond motifs is 4. The number of carboxylic acid groups (broad SMARTS) is 1. The van der Waals surface area contributed by atoms with Crippen LogP contribution in [0.5, 0.6) is 11.5 Å². The minimum absolute atomic E-state index is 0.0604. The third-order valence-electron chi connectivity index (χ3n) is 5.42. The van der Waals surface area contributed by atoms with Crippen LogP contribution in [0.4, 0.5) is 5.69 Å². The van der Waals surface area contributed by atoms with Gasteiger partial charge >= 0.3 is 5.97 Å². The highest BCUT2D eigenvalue weighted by molar-refractivity contribution is 6.33. The SMILES string of the molecule is O=C(O)c1cc(Cl)c2c(c1)C1C=CCC1C(c1ccc3c(c1)OCO3)N2. The minimum atomic E-state index is -0.967. The molecule has 0 saturated carbocycles. The summed E-state index contributed by atoms with van der Waals surface area (Å²) in [6.45, 7) is 0.247. The number of carboxylic acids is 1. The number of benzene rings is 2. The van der Waals surface area contributed by atoms with Crippen molar-refractivity contribution >= 4 is 23.3 Å². The molecule has 0 aromatic heterocycles. The van der Waals surface area contributed by atoms with Gasteiger partial charge in [0.2, 0.25) is 6.79 Å². The Balaban J connectivity index is 1.60. The Morgan fingerprint density at radius 3 is 2.88 bits per heavy atom. The topological polar surface area (TPSA) is 67.8 Å². The third-order valence-corrected chi connectivity index (χ3v) is 5.72. The molecule has 0 spiro atoms. The first-order chi connectivity index (χ1) is 12.6. The predicted octanol–water partition coefficient (Wildman–Crippen LogP) is 4.59. The Labute approximate surface area is 155 Å². The zero-order chi connectivity index (χ0) is 17.8. The van der Waals surface area contributed by atoms with E-state index in [0.717, 1.165) is 34.7 Å². The van der Waals surface area contributed by atoms with Crippen molar-refractivity contribution < 1.29 is 19.4 Å². The number of halogens is 1. The highest BCUT2D eigenvalue weighted by Gasteiger charge is 2.39. The maximum atomic E-state index is 11.4. The number of ether oxygens (including phenoxy) is 2. The van der Waals surface area contributed by atoms with E-state index in [1.54, 1.807) is 6.07 Å². The number of anilines is 1. The first kappa shape index (κ1) is 15.6. The van der Waals surface area contributed by atoms with Gasteiger partial charge < -0.3 is 19.9 Å². The van der Waals surface area contributed by atoms with Crippen LogP contribution in [0.25, 0.3) is 0 Å². The van der Waals surface area contributed by atoms with E-state index in [4.69, 9.17) is 21.1 Å². The van der Waals surface area contributed by atoms with Crippen molar-refractivity contribution in [1.29, 1.82) is 0 Å². The fourth-order valence-electron chi connectivity index (χ4n) is 4.22. The summed E-state index contributed by atoms with van der Waals surface area (Å²) in [6.07, 6.45) is 5.24. The van der Waals surface area contributed by atoms with Crippen LogP contribution in [0.2, 0.25) is 5.02 Å². The summed E-state index contributed by atoms with van der Waals surface area (Å²) in [5.41, 5.74) is 3.09. The maximum absolute atomic E-state index is 11.4. The molecule has 2 aromatic rings. The molecule has 0 fully saturated rings. The van der Waals surface area contributed by atoms with Gasteiger partial charge in [0.15, 0.2) is 11.5 Å². The molecule has 5 nitrogen and oxygen atoms in total. The average Bonchev–Trinajstić information content (AvgIpc) is 3.29.